The Kier molecular flexibility index (Phi) is 10.4. The van der Waals surface area contributed by atoms with Crippen LogP contribution in [0.2, 0.25) is 0 Å². The fraction of sp³-hybridized carbons (Fsp3) is 0.406. The SMILES string of the molecule is CC(=O)SCCCCC#Cc1cc(F)c(C#CC#Cc2cc(C(C)(C)C)cc(C(C)(C)C)c2)c(F)c1. The first kappa shape index (κ1) is 29.2. The summed E-state index contributed by atoms with van der Waals surface area (Å²) in [5.41, 5.74) is 3.08. The average molecular weight is 505 g/mol. The van der Waals surface area contributed by atoms with Crippen molar-refractivity contribution in [1.29, 1.82) is 0 Å². The van der Waals surface area contributed by atoms with Crippen molar-refractivity contribution in [3.63, 3.8) is 0 Å². The molecule has 0 N–H and O–H groups in total. The van der Waals surface area contributed by atoms with E-state index in [-0.39, 0.29) is 27.1 Å². The zero-order valence-corrected chi connectivity index (χ0v) is 23.1. The van der Waals surface area contributed by atoms with Gasteiger partial charge in [-0.2, -0.15) is 0 Å². The standard InChI is InChI=1S/C32H34F2OS/c1-23(35)36-17-13-9-8-10-14-25-20-29(33)28(30(34)21-25)16-12-11-15-24-18-26(31(2,3)4)22-27(19-24)32(5,6)7/h18-22H,8-9,13,17H2,1-7H3. The van der Waals surface area contributed by atoms with E-state index in [1.54, 1.807) is 6.92 Å². The third-order valence-corrected chi connectivity index (χ3v) is 6.30. The van der Waals surface area contributed by atoms with E-state index in [4.69, 9.17) is 0 Å². The summed E-state index contributed by atoms with van der Waals surface area (Å²) in [6.45, 7) is 14.5. The summed E-state index contributed by atoms with van der Waals surface area (Å²) < 4.78 is 29.0. The number of thioether (sulfide) groups is 1. The molecule has 0 saturated heterocycles. The van der Waals surface area contributed by atoms with Gasteiger partial charge in [0.05, 0.1) is 5.56 Å². The highest BCUT2D eigenvalue weighted by atomic mass is 32.2. The van der Waals surface area contributed by atoms with Gasteiger partial charge in [-0.05, 0) is 76.8 Å². The van der Waals surface area contributed by atoms with E-state index in [0.717, 1.165) is 24.2 Å². The number of carbonyl (C=O) groups excluding carboxylic acids is 1. The van der Waals surface area contributed by atoms with Crippen molar-refractivity contribution in [2.24, 2.45) is 0 Å². The Morgan fingerprint density at radius 2 is 1.31 bits per heavy atom. The molecule has 0 aromatic heterocycles. The van der Waals surface area contributed by atoms with Crippen molar-refractivity contribution in [3.8, 4) is 35.5 Å². The van der Waals surface area contributed by atoms with Crippen molar-refractivity contribution in [2.45, 2.75) is 78.6 Å². The minimum absolute atomic E-state index is 0.0329. The minimum atomic E-state index is -0.754. The van der Waals surface area contributed by atoms with Gasteiger partial charge in [0, 0.05) is 30.2 Å². The second-order valence-electron chi connectivity index (χ2n) is 10.7. The summed E-state index contributed by atoms with van der Waals surface area (Å²) in [4.78, 5) is 10.9. The Bertz CT molecular complexity index is 1230. The zero-order valence-electron chi connectivity index (χ0n) is 22.3. The molecule has 0 aliphatic rings. The van der Waals surface area contributed by atoms with E-state index in [1.165, 1.54) is 35.0 Å². The summed E-state index contributed by atoms with van der Waals surface area (Å²) in [5.74, 6) is 15.9. The number of halogens is 2. The van der Waals surface area contributed by atoms with Crippen LogP contribution in [0.1, 0.15) is 95.5 Å². The molecule has 0 radical (unpaired) electrons. The van der Waals surface area contributed by atoms with E-state index in [0.29, 0.717) is 6.42 Å². The number of hydrogen-bond acceptors (Lipinski definition) is 2. The molecular weight excluding hydrogens is 470 g/mol. The molecule has 0 heterocycles. The summed E-state index contributed by atoms with van der Waals surface area (Å²) in [5, 5.41) is 0.102. The van der Waals surface area contributed by atoms with Gasteiger partial charge in [-0.3, -0.25) is 4.79 Å². The van der Waals surface area contributed by atoms with Crippen LogP contribution < -0.4 is 0 Å². The van der Waals surface area contributed by atoms with Crippen molar-refractivity contribution in [2.75, 3.05) is 5.75 Å². The third-order valence-electron chi connectivity index (χ3n) is 5.40. The molecule has 2 aromatic carbocycles. The van der Waals surface area contributed by atoms with E-state index >= 15 is 0 Å². The maximum absolute atomic E-state index is 14.5. The molecule has 2 rings (SSSR count). The first-order chi connectivity index (χ1) is 16.8. The van der Waals surface area contributed by atoms with Crippen LogP contribution in [0.4, 0.5) is 8.78 Å². The number of rotatable bonds is 4. The highest BCUT2D eigenvalue weighted by Gasteiger charge is 2.20. The molecule has 0 saturated carbocycles. The van der Waals surface area contributed by atoms with Crippen molar-refractivity contribution < 1.29 is 13.6 Å². The van der Waals surface area contributed by atoms with Gasteiger partial charge in [-0.25, -0.2) is 8.78 Å². The number of benzene rings is 2. The predicted molar refractivity (Wildman–Crippen MR) is 148 cm³/mol. The lowest BCUT2D eigenvalue weighted by Gasteiger charge is -2.25. The molecular formula is C32H34F2OS. The van der Waals surface area contributed by atoms with E-state index in [2.05, 4.69) is 83.1 Å². The van der Waals surface area contributed by atoms with Crippen LogP contribution in [0.15, 0.2) is 30.3 Å². The summed E-state index contributed by atoms with van der Waals surface area (Å²) in [6.07, 6.45) is 2.30. The highest BCUT2D eigenvalue weighted by Crippen LogP contribution is 2.30. The number of hydrogen-bond donors (Lipinski definition) is 0. The Hall–Kier alpha value is -3.00. The molecule has 0 aliphatic heterocycles. The molecule has 1 nitrogen and oxygen atoms in total. The van der Waals surface area contributed by atoms with Crippen molar-refractivity contribution in [3.05, 3.63) is 69.8 Å². The molecule has 0 bridgehead atoms. The van der Waals surface area contributed by atoms with Gasteiger partial charge < -0.3 is 0 Å². The van der Waals surface area contributed by atoms with Crippen molar-refractivity contribution in [1.82, 2.24) is 0 Å². The van der Waals surface area contributed by atoms with E-state index < -0.39 is 11.6 Å². The maximum atomic E-state index is 14.5. The average Bonchev–Trinajstić information content (AvgIpc) is 2.76. The van der Waals surface area contributed by atoms with Crippen LogP contribution in [0.25, 0.3) is 0 Å². The molecule has 4 heteroatoms. The Labute approximate surface area is 219 Å². The fourth-order valence-corrected chi connectivity index (χ4v) is 3.86. The first-order valence-corrected chi connectivity index (χ1v) is 13.1. The van der Waals surface area contributed by atoms with Crippen LogP contribution >= 0.6 is 11.8 Å². The van der Waals surface area contributed by atoms with E-state index in [1.807, 2.05) is 12.1 Å². The van der Waals surface area contributed by atoms with Crippen LogP contribution in [-0.4, -0.2) is 10.9 Å². The summed E-state index contributed by atoms with van der Waals surface area (Å²) in [7, 11) is 0. The van der Waals surface area contributed by atoms with E-state index in [9.17, 15) is 13.6 Å². The molecule has 0 fully saturated rings. The smallest absolute Gasteiger partial charge is 0.185 e. The van der Waals surface area contributed by atoms with Gasteiger partial charge in [0.15, 0.2) is 5.12 Å². The number of carbonyl (C=O) groups is 1. The molecule has 2 aromatic rings. The molecule has 0 unspecified atom stereocenters. The highest BCUT2D eigenvalue weighted by molar-refractivity contribution is 8.13. The van der Waals surface area contributed by atoms with Gasteiger partial charge in [0.25, 0.3) is 0 Å². The third kappa shape index (κ3) is 9.57. The molecule has 0 aliphatic carbocycles. The number of unbranched alkanes of at least 4 members (excludes halogenated alkanes) is 2. The second-order valence-corrected chi connectivity index (χ2v) is 12.0. The molecule has 0 spiro atoms. The first-order valence-electron chi connectivity index (χ1n) is 12.1. The Morgan fingerprint density at radius 3 is 1.83 bits per heavy atom. The fourth-order valence-electron chi connectivity index (χ4n) is 3.22. The second kappa shape index (κ2) is 12.8. The largest absolute Gasteiger partial charge is 0.288 e. The molecule has 0 amide bonds. The predicted octanol–water partition coefficient (Wildman–Crippen LogP) is 7.76. The lowest BCUT2D eigenvalue weighted by molar-refractivity contribution is -0.109. The van der Waals surface area contributed by atoms with Crippen LogP contribution in [0, 0.1) is 47.2 Å². The Balaban J connectivity index is 2.17. The van der Waals surface area contributed by atoms with Gasteiger partial charge in [-0.15, -0.1) is 0 Å². The normalized spacial score (nSPS) is 10.9. The van der Waals surface area contributed by atoms with Crippen LogP contribution in [-0.2, 0) is 15.6 Å². The van der Waals surface area contributed by atoms with Gasteiger partial charge in [-0.1, -0.05) is 77.1 Å². The van der Waals surface area contributed by atoms with Crippen LogP contribution in [0.5, 0.6) is 0 Å². The quantitative estimate of drug-likeness (QED) is 0.313. The summed E-state index contributed by atoms with van der Waals surface area (Å²) in [6, 6.07) is 8.68. The van der Waals surface area contributed by atoms with Crippen LogP contribution in [0.3, 0.4) is 0 Å². The molecule has 188 valence electrons. The lowest BCUT2D eigenvalue weighted by atomic mass is 9.79. The summed E-state index contributed by atoms with van der Waals surface area (Å²) >= 11 is 1.29. The minimum Gasteiger partial charge on any atom is -0.288 e. The Morgan fingerprint density at radius 1 is 0.778 bits per heavy atom. The topological polar surface area (TPSA) is 17.1 Å². The molecule has 36 heavy (non-hydrogen) atoms. The maximum Gasteiger partial charge on any atom is 0.185 e. The van der Waals surface area contributed by atoms with Gasteiger partial charge in [0.2, 0.25) is 0 Å². The van der Waals surface area contributed by atoms with Crippen molar-refractivity contribution >= 4 is 16.9 Å². The molecule has 0 atom stereocenters. The zero-order chi connectivity index (χ0) is 26.9. The van der Waals surface area contributed by atoms with Gasteiger partial charge in [0.1, 0.15) is 11.6 Å². The monoisotopic (exact) mass is 504 g/mol. The van der Waals surface area contributed by atoms with Gasteiger partial charge >= 0.3 is 0 Å². The lowest BCUT2D eigenvalue weighted by Crippen LogP contribution is -2.16.